The maximum Gasteiger partial charge on any atom is 0.316 e. The number of carboxylic acids is 1. The molecule has 86 valence electrons. The van der Waals surface area contributed by atoms with Crippen LogP contribution in [-0.2, 0) is 17.3 Å². The first-order valence-electron chi connectivity index (χ1n) is 4.89. The smallest absolute Gasteiger partial charge is 0.316 e. The lowest BCUT2D eigenvalue weighted by Gasteiger charge is -2.36. The Labute approximate surface area is 90.8 Å². The molecule has 1 fully saturated rings. The molecule has 1 heterocycles. The Hall–Kier alpha value is -1.92. The van der Waals surface area contributed by atoms with Gasteiger partial charge in [-0.05, 0) is 12.8 Å². The number of nitrogens with zero attached hydrogens (tertiary/aromatic N) is 3. The van der Waals surface area contributed by atoms with Crippen molar-refractivity contribution < 1.29 is 14.8 Å². The number of carbonyl (C=O) groups is 1. The molecule has 1 aromatic rings. The van der Waals surface area contributed by atoms with Gasteiger partial charge in [-0.15, -0.1) is 0 Å². The minimum atomic E-state index is -1.12. The first-order chi connectivity index (χ1) is 7.49. The van der Waals surface area contributed by atoms with E-state index in [2.05, 4.69) is 5.10 Å². The molecular weight excluding hydrogens is 214 g/mol. The minimum Gasteiger partial charge on any atom is -0.481 e. The summed E-state index contributed by atoms with van der Waals surface area (Å²) >= 11 is 0. The van der Waals surface area contributed by atoms with Crippen LogP contribution < -0.4 is 0 Å². The number of carboxylic acid groups (broad SMARTS) is 1. The average Bonchev–Trinajstić information content (AvgIpc) is 2.46. The van der Waals surface area contributed by atoms with Gasteiger partial charge in [-0.3, -0.25) is 19.6 Å². The molecule has 0 aromatic carbocycles. The third-order valence-corrected chi connectivity index (χ3v) is 3.19. The molecule has 7 nitrogen and oxygen atoms in total. The monoisotopic (exact) mass is 225 g/mol. The zero-order valence-corrected chi connectivity index (χ0v) is 8.71. The number of aryl methyl sites for hydroxylation is 1. The van der Waals surface area contributed by atoms with Crippen molar-refractivity contribution >= 4 is 11.7 Å². The second-order valence-corrected chi connectivity index (χ2v) is 4.00. The standard InChI is InChI=1S/C9H11N3O4/c1-11-7(6(5-10-11)12(15)16)9(8(13)14)3-2-4-9/h5H,2-4H2,1H3,(H,13,14). The second kappa shape index (κ2) is 3.29. The van der Waals surface area contributed by atoms with Gasteiger partial charge < -0.3 is 5.11 Å². The Morgan fingerprint density at radius 3 is 2.69 bits per heavy atom. The van der Waals surface area contributed by atoms with Crippen molar-refractivity contribution in [3.63, 3.8) is 0 Å². The molecule has 16 heavy (non-hydrogen) atoms. The highest BCUT2D eigenvalue weighted by atomic mass is 16.6. The molecule has 1 N–H and O–H groups in total. The van der Waals surface area contributed by atoms with Crippen molar-refractivity contribution in [3.8, 4) is 0 Å². The Bertz CT molecular complexity index is 461. The van der Waals surface area contributed by atoms with Crippen molar-refractivity contribution in [1.82, 2.24) is 9.78 Å². The van der Waals surface area contributed by atoms with Gasteiger partial charge in [0.25, 0.3) is 0 Å². The van der Waals surface area contributed by atoms with E-state index >= 15 is 0 Å². The molecule has 0 saturated heterocycles. The van der Waals surface area contributed by atoms with Gasteiger partial charge in [-0.25, -0.2) is 0 Å². The molecule has 0 radical (unpaired) electrons. The van der Waals surface area contributed by atoms with Crippen LogP contribution in [-0.4, -0.2) is 25.8 Å². The van der Waals surface area contributed by atoms with Crippen LogP contribution in [0.5, 0.6) is 0 Å². The average molecular weight is 225 g/mol. The number of hydrogen-bond donors (Lipinski definition) is 1. The predicted octanol–water partition coefficient (Wildman–Crippen LogP) is 0.835. The quantitative estimate of drug-likeness (QED) is 0.606. The van der Waals surface area contributed by atoms with E-state index in [1.54, 1.807) is 0 Å². The second-order valence-electron chi connectivity index (χ2n) is 4.00. The Balaban J connectivity index is 2.58. The highest BCUT2D eigenvalue weighted by Crippen LogP contribution is 2.46. The lowest BCUT2D eigenvalue weighted by molar-refractivity contribution is -0.386. The molecule has 0 atom stereocenters. The molecule has 0 amide bonds. The van der Waals surface area contributed by atoms with Crippen molar-refractivity contribution in [2.24, 2.45) is 7.05 Å². The first-order valence-corrected chi connectivity index (χ1v) is 4.89. The third kappa shape index (κ3) is 1.21. The molecule has 0 bridgehead atoms. The first kappa shape index (κ1) is 10.6. The van der Waals surface area contributed by atoms with E-state index in [0.717, 1.165) is 12.6 Å². The van der Waals surface area contributed by atoms with Gasteiger partial charge in [0.2, 0.25) is 0 Å². The highest BCUT2D eigenvalue weighted by Gasteiger charge is 2.52. The van der Waals surface area contributed by atoms with E-state index in [9.17, 15) is 20.0 Å². The molecule has 0 aliphatic heterocycles. The number of nitro groups is 1. The predicted molar refractivity (Wildman–Crippen MR) is 53.0 cm³/mol. The van der Waals surface area contributed by atoms with Gasteiger partial charge in [0.05, 0.1) is 4.92 Å². The van der Waals surface area contributed by atoms with Crippen molar-refractivity contribution in [2.75, 3.05) is 0 Å². The number of hydrogen-bond acceptors (Lipinski definition) is 4. The summed E-state index contributed by atoms with van der Waals surface area (Å²) in [6, 6.07) is 0. The van der Waals surface area contributed by atoms with Crippen molar-refractivity contribution in [1.29, 1.82) is 0 Å². The fourth-order valence-electron chi connectivity index (χ4n) is 2.20. The SMILES string of the molecule is Cn1ncc([N+](=O)[O-])c1C1(C(=O)O)CCC1. The Morgan fingerprint density at radius 1 is 1.69 bits per heavy atom. The molecule has 1 aliphatic rings. The lowest BCUT2D eigenvalue weighted by atomic mass is 9.66. The van der Waals surface area contributed by atoms with Crippen LogP contribution in [0.2, 0.25) is 0 Å². The van der Waals surface area contributed by atoms with Gasteiger partial charge in [0.1, 0.15) is 17.3 Å². The van der Waals surface area contributed by atoms with Crippen LogP contribution in [0.15, 0.2) is 6.20 Å². The fraction of sp³-hybridized carbons (Fsp3) is 0.556. The van der Waals surface area contributed by atoms with Crippen LogP contribution in [0.3, 0.4) is 0 Å². The van der Waals surface area contributed by atoms with Gasteiger partial charge in [-0.1, -0.05) is 6.42 Å². The van der Waals surface area contributed by atoms with Crippen LogP contribution in [0.25, 0.3) is 0 Å². The molecular formula is C9H11N3O4. The van der Waals surface area contributed by atoms with E-state index in [4.69, 9.17) is 0 Å². The minimum absolute atomic E-state index is 0.204. The maximum atomic E-state index is 11.3. The summed E-state index contributed by atoms with van der Waals surface area (Å²) in [5.41, 5.74) is -1.12. The van der Waals surface area contributed by atoms with E-state index in [-0.39, 0.29) is 11.4 Å². The van der Waals surface area contributed by atoms with E-state index in [1.165, 1.54) is 11.7 Å². The van der Waals surface area contributed by atoms with Gasteiger partial charge in [0, 0.05) is 7.05 Å². The van der Waals surface area contributed by atoms with Crippen molar-refractivity contribution in [2.45, 2.75) is 24.7 Å². The summed E-state index contributed by atoms with van der Waals surface area (Å²) in [5, 5.41) is 23.8. The molecule has 1 aromatic heterocycles. The van der Waals surface area contributed by atoms with Crippen LogP contribution >= 0.6 is 0 Å². The maximum absolute atomic E-state index is 11.3. The van der Waals surface area contributed by atoms with Gasteiger partial charge in [0.15, 0.2) is 0 Å². The number of aliphatic carboxylic acids is 1. The van der Waals surface area contributed by atoms with Gasteiger partial charge >= 0.3 is 11.7 Å². The van der Waals surface area contributed by atoms with E-state index in [1.807, 2.05) is 0 Å². The summed E-state index contributed by atoms with van der Waals surface area (Å²) in [7, 11) is 1.53. The summed E-state index contributed by atoms with van der Waals surface area (Å²) in [6.45, 7) is 0. The molecule has 1 saturated carbocycles. The number of aromatic nitrogens is 2. The lowest BCUT2D eigenvalue weighted by Crippen LogP contribution is -2.44. The molecule has 7 heteroatoms. The Morgan fingerprint density at radius 2 is 2.31 bits per heavy atom. The molecule has 1 aliphatic carbocycles. The summed E-state index contributed by atoms with van der Waals surface area (Å²) in [4.78, 5) is 21.5. The fourth-order valence-corrected chi connectivity index (χ4v) is 2.20. The van der Waals surface area contributed by atoms with Crippen LogP contribution in [0.1, 0.15) is 25.0 Å². The van der Waals surface area contributed by atoms with Crippen LogP contribution in [0, 0.1) is 10.1 Å². The van der Waals surface area contributed by atoms with E-state index in [0.29, 0.717) is 12.8 Å². The molecule has 0 spiro atoms. The highest BCUT2D eigenvalue weighted by molar-refractivity contribution is 5.83. The largest absolute Gasteiger partial charge is 0.481 e. The van der Waals surface area contributed by atoms with Crippen LogP contribution in [0.4, 0.5) is 5.69 Å². The third-order valence-electron chi connectivity index (χ3n) is 3.19. The topological polar surface area (TPSA) is 98.3 Å². The summed E-state index contributed by atoms with van der Waals surface area (Å²) in [6.07, 6.45) is 2.75. The normalized spacial score (nSPS) is 17.8. The molecule has 0 unspecified atom stereocenters. The van der Waals surface area contributed by atoms with E-state index < -0.39 is 16.3 Å². The molecule has 2 rings (SSSR count). The zero-order valence-electron chi connectivity index (χ0n) is 8.71. The zero-order chi connectivity index (χ0) is 11.9. The van der Waals surface area contributed by atoms with Crippen molar-refractivity contribution in [3.05, 3.63) is 22.0 Å². The number of rotatable bonds is 3. The summed E-state index contributed by atoms with van der Waals surface area (Å²) < 4.78 is 1.30. The Kier molecular flexibility index (Phi) is 2.18. The summed E-state index contributed by atoms with van der Waals surface area (Å²) in [5.74, 6) is -1.01. The van der Waals surface area contributed by atoms with Gasteiger partial charge in [-0.2, -0.15) is 5.10 Å².